The molecule has 1 atom stereocenters. The zero-order valence-corrected chi connectivity index (χ0v) is 14.4. The van der Waals surface area contributed by atoms with E-state index in [0.29, 0.717) is 31.9 Å². The Bertz CT molecular complexity index is 743. The summed E-state index contributed by atoms with van der Waals surface area (Å²) < 4.78 is 7.05. The Morgan fingerprint density at radius 1 is 1.36 bits per heavy atom. The van der Waals surface area contributed by atoms with Crippen LogP contribution in [0.4, 0.5) is 16.3 Å². The first kappa shape index (κ1) is 16.9. The summed E-state index contributed by atoms with van der Waals surface area (Å²) in [4.78, 5) is 14.7. The number of carboxylic acid groups (broad SMARTS) is 1. The smallest absolute Gasteiger partial charge is 0.407 e. The van der Waals surface area contributed by atoms with Crippen molar-refractivity contribution in [1.82, 2.24) is 14.7 Å². The van der Waals surface area contributed by atoms with Crippen LogP contribution in [-0.2, 0) is 6.54 Å². The standard InChI is InChI=1S/C17H23N5O3/c1-12-10-20(17(23)24)7-8-21(12)16-15(18)9-19-22(16)11-13-3-5-14(25-2)6-4-13/h3-6,9,12H,7-8,10-11,18H2,1-2H3,(H,23,24)/t12-/m0/s1. The van der Waals surface area contributed by atoms with Crippen molar-refractivity contribution in [1.29, 1.82) is 0 Å². The fraction of sp³-hybridized carbons (Fsp3) is 0.412. The molecule has 1 aliphatic rings. The number of nitrogens with two attached hydrogens (primary N) is 1. The molecule has 134 valence electrons. The van der Waals surface area contributed by atoms with Gasteiger partial charge in [-0.25, -0.2) is 9.48 Å². The van der Waals surface area contributed by atoms with Crippen LogP contribution in [0.25, 0.3) is 0 Å². The third-order valence-corrected chi connectivity index (χ3v) is 4.50. The van der Waals surface area contributed by atoms with Crippen LogP contribution in [-0.4, -0.2) is 58.7 Å². The zero-order valence-electron chi connectivity index (χ0n) is 14.4. The van der Waals surface area contributed by atoms with E-state index in [9.17, 15) is 9.90 Å². The van der Waals surface area contributed by atoms with Crippen molar-refractivity contribution in [2.24, 2.45) is 0 Å². The minimum Gasteiger partial charge on any atom is -0.497 e. The highest BCUT2D eigenvalue weighted by Crippen LogP contribution is 2.28. The Morgan fingerprint density at radius 2 is 2.08 bits per heavy atom. The summed E-state index contributed by atoms with van der Waals surface area (Å²) in [7, 11) is 1.64. The van der Waals surface area contributed by atoms with Crippen molar-refractivity contribution in [2.75, 3.05) is 37.4 Å². The molecule has 1 fully saturated rings. The van der Waals surface area contributed by atoms with Gasteiger partial charge in [-0.15, -0.1) is 0 Å². The fourth-order valence-electron chi connectivity index (χ4n) is 3.17. The van der Waals surface area contributed by atoms with Crippen molar-refractivity contribution in [2.45, 2.75) is 19.5 Å². The molecule has 2 heterocycles. The predicted molar refractivity (Wildman–Crippen MR) is 95.1 cm³/mol. The van der Waals surface area contributed by atoms with E-state index >= 15 is 0 Å². The van der Waals surface area contributed by atoms with E-state index in [0.717, 1.165) is 17.1 Å². The van der Waals surface area contributed by atoms with Crippen molar-refractivity contribution in [3.05, 3.63) is 36.0 Å². The largest absolute Gasteiger partial charge is 0.497 e. The molecule has 1 amide bonds. The molecule has 0 bridgehead atoms. The van der Waals surface area contributed by atoms with E-state index in [4.69, 9.17) is 10.5 Å². The van der Waals surface area contributed by atoms with Gasteiger partial charge < -0.3 is 25.4 Å². The highest BCUT2D eigenvalue weighted by molar-refractivity contribution is 5.67. The molecular formula is C17H23N5O3. The van der Waals surface area contributed by atoms with Crippen molar-refractivity contribution in [3.63, 3.8) is 0 Å². The predicted octanol–water partition coefficient (Wildman–Crippen LogP) is 1.71. The van der Waals surface area contributed by atoms with Crippen LogP contribution >= 0.6 is 0 Å². The van der Waals surface area contributed by atoms with E-state index in [1.807, 2.05) is 35.9 Å². The van der Waals surface area contributed by atoms with Gasteiger partial charge in [-0.1, -0.05) is 12.1 Å². The lowest BCUT2D eigenvalue weighted by molar-refractivity contribution is 0.136. The summed E-state index contributed by atoms with van der Waals surface area (Å²) in [6.07, 6.45) is 0.765. The SMILES string of the molecule is COc1ccc(Cn2ncc(N)c2N2CCN(C(=O)O)C[C@@H]2C)cc1. The molecule has 1 aromatic carbocycles. The Balaban J connectivity index is 1.80. The molecule has 1 aliphatic heterocycles. The molecule has 1 aromatic heterocycles. The highest BCUT2D eigenvalue weighted by Gasteiger charge is 2.29. The Labute approximate surface area is 146 Å². The summed E-state index contributed by atoms with van der Waals surface area (Å²) in [6.45, 7) is 4.07. The van der Waals surface area contributed by atoms with Gasteiger partial charge in [-0.05, 0) is 24.6 Å². The van der Waals surface area contributed by atoms with Crippen molar-refractivity contribution in [3.8, 4) is 5.75 Å². The van der Waals surface area contributed by atoms with Crippen LogP contribution in [0.3, 0.4) is 0 Å². The minimum atomic E-state index is -0.883. The number of benzene rings is 1. The Hall–Kier alpha value is -2.90. The molecule has 2 aromatic rings. The average Bonchev–Trinajstić information content (AvgIpc) is 2.96. The monoisotopic (exact) mass is 345 g/mol. The lowest BCUT2D eigenvalue weighted by atomic mass is 10.2. The highest BCUT2D eigenvalue weighted by atomic mass is 16.5. The van der Waals surface area contributed by atoms with Gasteiger partial charge >= 0.3 is 6.09 Å². The van der Waals surface area contributed by atoms with Crippen LogP contribution in [0.1, 0.15) is 12.5 Å². The molecule has 25 heavy (non-hydrogen) atoms. The molecule has 8 nitrogen and oxygen atoms in total. The molecule has 3 rings (SSSR count). The number of anilines is 2. The van der Waals surface area contributed by atoms with Crippen molar-refractivity contribution < 1.29 is 14.6 Å². The van der Waals surface area contributed by atoms with Crippen LogP contribution in [0.15, 0.2) is 30.5 Å². The number of ether oxygens (including phenoxy) is 1. The first-order chi connectivity index (χ1) is 12.0. The number of rotatable bonds is 4. The lowest BCUT2D eigenvalue weighted by Gasteiger charge is -2.40. The second kappa shape index (κ2) is 6.92. The molecule has 8 heteroatoms. The van der Waals surface area contributed by atoms with Gasteiger partial charge in [-0.3, -0.25) is 0 Å². The first-order valence-corrected chi connectivity index (χ1v) is 8.18. The number of aromatic nitrogens is 2. The summed E-state index contributed by atoms with van der Waals surface area (Å²) in [5, 5.41) is 13.6. The van der Waals surface area contributed by atoms with Gasteiger partial charge in [0.25, 0.3) is 0 Å². The van der Waals surface area contributed by atoms with E-state index in [1.54, 1.807) is 13.3 Å². The third-order valence-electron chi connectivity index (χ3n) is 4.50. The van der Waals surface area contributed by atoms with E-state index in [-0.39, 0.29) is 6.04 Å². The van der Waals surface area contributed by atoms with Crippen LogP contribution in [0.2, 0.25) is 0 Å². The number of carbonyl (C=O) groups is 1. The lowest BCUT2D eigenvalue weighted by Crippen LogP contribution is -2.54. The van der Waals surface area contributed by atoms with Gasteiger partial charge in [-0.2, -0.15) is 5.10 Å². The van der Waals surface area contributed by atoms with Gasteiger partial charge in [0, 0.05) is 25.7 Å². The molecule has 0 saturated carbocycles. The van der Waals surface area contributed by atoms with Crippen LogP contribution in [0.5, 0.6) is 5.75 Å². The second-order valence-electron chi connectivity index (χ2n) is 6.20. The quantitative estimate of drug-likeness (QED) is 0.876. The number of amides is 1. The summed E-state index contributed by atoms with van der Waals surface area (Å²) in [5.74, 6) is 1.65. The van der Waals surface area contributed by atoms with E-state index < -0.39 is 6.09 Å². The van der Waals surface area contributed by atoms with Gasteiger partial charge in [0.05, 0.1) is 25.5 Å². The van der Waals surface area contributed by atoms with E-state index in [2.05, 4.69) is 10.00 Å². The molecular weight excluding hydrogens is 322 g/mol. The Morgan fingerprint density at radius 3 is 2.68 bits per heavy atom. The minimum absolute atomic E-state index is 0.0264. The van der Waals surface area contributed by atoms with E-state index in [1.165, 1.54) is 4.90 Å². The number of nitrogen functional groups attached to an aromatic ring is 1. The van der Waals surface area contributed by atoms with Crippen LogP contribution in [0, 0.1) is 0 Å². The van der Waals surface area contributed by atoms with Crippen LogP contribution < -0.4 is 15.4 Å². The molecule has 0 spiro atoms. The summed E-state index contributed by atoms with van der Waals surface area (Å²) in [6, 6.07) is 7.84. The maximum absolute atomic E-state index is 11.2. The maximum atomic E-state index is 11.2. The molecule has 1 saturated heterocycles. The molecule has 0 aliphatic carbocycles. The molecule has 0 unspecified atom stereocenters. The number of hydrogen-bond donors (Lipinski definition) is 2. The normalized spacial score (nSPS) is 17.6. The fourth-order valence-corrected chi connectivity index (χ4v) is 3.17. The van der Waals surface area contributed by atoms with Gasteiger partial charge in [0.15, 0.2) is 5.82 Å². The van der Waals surface area contributed by atoms with Gasteiger partial charge in [0.2, 0.25) is 0 Å². The Kier molecular flexibility index (Phi) is 4.69. The van der Waals surface area contributed by atoms with Crippen molar-refractivity contribution >= 4 is 17.6 Å². The number of piperazine rings is 1. The number of nitrogens with zero attached hydrogens (tertiary/aromatic N) is 4. The number of methoxy groups -OCH3 is 1. The first-order valence-electron chi connectivity index (χ1n) is 8.18. The maximum Gasteiger partial charge on any atom is 0.407 e. The number of hydrogen-bond acceptors (Lipinski definition) is 5. The third kappa shape index (κ3) is 3.47. The molecule has 0 radical (unpaired) electrons. The second-order valence-corrected chi connectivity index (χ2v) is 6.20. The summed E-state index contributed by atoms with van der Waals surface area (Å²) in [5.41, 5.74) is 7.84. The molecule has 3 N–H and O–H groups in total. The zero-order chi connectivity index (χ0) is 18.0. The average molecular weight is 345 g/mol. The van der Waals surface area contributed by atoms with Gasteiger partial charge in [0.1, 0.15) is 5.75 Å². The summed E-state index contributed by atoms with van der Waals surface area (Å²) >= 11 is 0. The topological polar surface area (TPSA) is 96.9 Å².